The van der Waals surface area contributed by atoms with Crippen LogP contribution < -0.4 is 5.32 Å². The van der Waals surface area contributed by atoms with E-state index in [0.717, 1.165) is 0 Å². The van der Waals surface area contributed by atoms with Gasteiger partial charge in [-0.3, -0.25) is 19.6 Å². The lowest BCUT2D eigenvalue weighted by Crippen LogP contribution is -2.42. The lowest BCUT2D eigenvalue weighted by molar-refractivity contribution is -0.385. The van der Waals surface area contributed by atoms with Crippen LogP contribution in [0.4, 0.5) is 5.69 Å². The van der Waals surface area contributed by atoms with E-state index < -0.39 is 10.8 Å². The summed E-state index contributed by atoms with van der Waals surface area (Å²) >= 11 is 0. The van der Waals surface area contributed by atoms with Crippen LogP contribution >= 0.6 is 0 Å². The molecule has 1 aromatic heterocycles. The number of rotatable bonds is 3. The quantitative estimate of drug-likeness (QED) is 0.668. The fraction of sp³-hybridized carbons (Fsp3) is 0.667. The molecule has 1 amide bonds. The number of aryl methyl sites for hydroxylation is 2. The second-order valence-electron chi connectivity index (χ2n) is 5.72. The number of hydrogen-bond donors (Lipinski definition) is 1. The molecule has 1 rings (SSSR count). The predicted molar refractivity (Wildman–Crippen MR) is 71.0 cm³/mol. The minimum Gasteiger partial charge on any atom is -0.348 e. The Balaban J connectivity index is 3.11. The largest absolute Gasteiger partial charge is 0.348 e. The monoisotopic (exact) mass is 268 g/mol. The van der Waals surface area contributed by atoms with Gasteiger partial charge in [0, 0.05) is 13.1 Å². The van der Waals surface area contributed by atoms with Crippen molar-refractivity contribution in [2.75, 3.05) is 0 Å². The van der Waals surface area contributed by atoms with E-state index in [1.165, 1.54) is 18.7 Å². The van der Waals surface area contributed by atoms with E-state index in [2.05, 4.69) is 10.4 Å². The van der Waals surface area contributed by atoms with Crippen molar-refractivity contribution >= 4 is 11.6 Å². The number of carbonyl (C=O) groups is 1. The highest BCUT2D eigenvalue weighted by atomic mass is 16.6. The fourth-order valence-corrected chi connectivity index (χ4v) is 1.60. The van der Waals surface area contributed by atoms with Gasteiger partial charge in [0.25, 0.3) is 5.91 Å². The SMILES string of the molecule is Cc1nn(C)c(C(=O)N[C@@H](C)C(C)(C)C)c1[N+](=O)[O-]. The van der Waals surface area contributed by atoms with E-state index in [1.54, 1.807) is 0 Å². The predicted octanol–water partition coefficient (Wildman–Crippen LogP) is 1.80. The van der Waals surface area contributed by atoms with Gasteiger partial charge >= 0.3 is 5.69 Å². The number of nitro groups is 1. The third-order valence-electron chi connectivity index (χ3n) is 3.23. The maximum Gasteiger partial charge on any atom is 0.322 e. The Morgan fingerprint density at radius 2 is 2.00 bits per heavy atom. The van der Waals surface area contributed by atoms with Crippen molar-refractivity contribution < 1.29 is 9.72 Å². The lowest BCUT2D eigenvalue weighted by atomic mass is 9.88. The summed E-state index contributed by atoms with van der Waals surface area (Å²) in [5.41, 5.74) is -0.140. The first kappa shape index (κ1) is 15.1. The molecule has 7 nitrogen and oxygen atoms in total. The molecule has 0 aliphatic rings. The summed E-state index contributed by atoms with van der Waals surface area (Å²) in [6, 6.07) is -0.116. The Bertz CT molecular complexity index is 514. The van der Waals surface area contributed by atoms with E-state index in [9.17, 15) is 14.9 Å². The zero-order valence-corrected chi connectivity index (χ0v) is 12.1. The van der Waals surface area contributed by atoms with Gasteiger partial charge in [-0.2, -0.15) is 5.10 Å². The third kappa shape index (κ3) is 3.10. The third-order valence-corrected chi connectivity index (χ3v) is 3.23. The van der Waals surface area contributed by atoms with Crippen molar-refractivity contribution in [2.24, 2.45) is 12.5 Å². The van der Waals surface area contributed by atoms with Crippen LogP contribution in [0.25, 0.3) is 0 Å². The molecule has 0 fully saturated rings. The topological polar surface area (TPSA) is 90.1 Å². The maximum absolute atomic E-state index is 12.2. The van der Waals surface area contributed by atoms with Crippen LogP contribution in [-0.2, 0) is 7.05 Å². The molecular weight excluding hydrogens is 248 g/mol. The molecule has 106 valence electrons. The van der Waals surface area contributed by atoms with Crippen molar-refractivity contribution in [3.8, 4) is 0 Å². The Morgan fingerprint density at radius 3 is 2.42 bits per heavy atom. The number of aromatic nitrogens is 2. The summed E-state index contributed by atoms with van der Waals surface area (Å²) in [4.78, 5) is 22.6. The molecule has 0 radical (unpaired) electrons. The second-order valence-corrected chi connectivity index (χ2v) is 5.72. The number of nitrogens with one attached hydrogen (secondary N) is 1. The van der Waals surface area contributed by atoms with E-state index in [0.29, 0.717) is 0 Å². The molecule has 0 saturated carbocycles. The molecule has 0 unspecified atom stereocenters. The average molecular weight is 268 g/mol. The molecular formula is C12H20N4O3. The van der Waals surface area contributed by atoms with Crippen molar-refractivity contribution in [1.29, 1.82) is 0 Å². The van der Waals surface area contributed by atoms with Gasteiger partial charge in [-0.1, -0.05) is 20.8 Å². The van der Waals surface area contributed by atoms with E-state index >= 15 is 0 Å². The molecule has 1 heterocycles. The van der Waals surface area contributed by atoms with E-state index in [-0.39, 0.29) is 28.5 Å². The van der Waals surface area contributed by atoms with Crippen LogP contribution in [-0.4, -0.2) is 26.7 Å². The summed E-state index contributed by atoms with van der Waals surface area (Å²) in [7, 11) is 1.52. The molecule has 1 atom stereocenters. The summed E-state index contributed by atoms with van der Waals surface area (Å²) in [5.74, 6) is -0.475. The first-order chi connectivity index (χ1) is 8.55. The van der Waals surface area contributed by atoms with Gasteiger partial charge in [-0.05, 0) is 19.3 Å². The van der Waals surface area contributed by atoms with E-state index in [4.69, 9.17) is 0 Å². The van der Waals surface area contributed by atoms with Gasteiger partial charge in [0.1, 0.15) is 5.69 Å². The summed E-state index contributed by atoms with van der Waals surface area (Å²) in [6.07, 6.45) is 0. The zero-order valence-electron chi connectivity index (χ0n) is 12.1. The van der Waals surface area contributed by atoms with E-state index in [1.807, 2.05) is 27.7 Å². The minimum absolute atomic E-state index is 0.0152. The van der Waals surface area contributed by atoms with Gasteiger partial charge < -0.3 is 5.32 Å². The first-order valence-corrected chi connectivity index (χ1v) is 6.04. The standard InChI is InChI=1S/C12H20N4O3/c1-7-9(16(18)19)10(15(6)14-7)11(17)13-8(2)12(3,4)5/h8H,1-6H3,(H,13,17)/t8-/m0/s1. The Kier molecular flexibility index (Phi) is 3.97. The van der Waals surface area contributed by atoms with Crippen LogP contribution in [0.1, 0.15) is 43.9 Å². The van der Waals surface area contributed by atoms with Crippen molar-refractivity contribution in [1.82, 2.24) is 15.1 Å². The Labute approximate surface area is 112 Å². The number of nitrogens with zero attached hydrogens (tertiary/aromatic N) is 3. The Morgan fingerprint density at radius 1 is 1.47 bits per heavy atom. The molecule has 19 heavy (non-hydrogen) atoms. The lowest BCUT2D eigenvalue weighted by Gasteiger charge is -2.27. The zero-order chi connectivity index (χ0) is 15.0. The molecule has 7 heteroatoms. The van der Waals surface area contributed by atoms with Crippen molar-refractivity contribution in [2.45, 2.75) is 40.7 Å². The summed E-state index contributed by atoms with van der Waals surface area (Å²) in [6.45, 7) is 9.34. The number of amides is 1. The number of hydrogen-bond acceptors (Lipinski definition) is 4. The van der Waals surface area contributed by atoms with Crippen molar-refractivity contribution in [3.63, 3.8) is 0 Å². The summed E-state index contributed by atoms with van der Waals surface area (Å²) in [5, 5.41) is 17.7. The van der Waals surface area contributed by atoms with Gasteiger partial charge in [0.2, 0.25) is 5.69 Å². The van der Waals surface area contributed by atoms with Gasteiger partial charge in [-0.15, -0.1) is 0 Å². The van der Waals surface area contributed by atoms with Crippen LogP contribution in [0.5, 0.6) is 0 Å². The highest BCUT2D eigenvalue weighted by Gasteiger charge is 2.31. The molecule has 0 aromatic carbocycles. The maximum atomic E-state index is 12.2. The van der Waals surface area contributed by atoms with Crippen molar-refractivity contribution in [3.05, 3.63) is 21.5 Å². The normalized spacial score (nSPS) is 13.2. The van der Waals surface area contributed by atoms with Gasteiger partial charge in [-0.25, -0.2) is 0 Å². The molecule has 0 spiro atoms. The highest BCUT2D eigenvalue weighted by molar-refractivity contribution is 5.97. The second kappa shape index (κ2) is 4.99. The molecule has 0 saturated heterocycles. The molecule has 1 N–H and O–H groups in total. The van der Waals surface area contributed by atoms with Crippen LogP contribution in [0, 0.1) is 22.5 Å². The molecule has 0 bridgehead atoms. The summed E-state index contributed by atoms with van der Waals surface area (Å²) < 4.78 is 1.25. The van der Waals surface area contributed by atoms with Crippen LogP contribution in [0.3, 0.4) is 0 Å². The average Bonchev–Trinajstić information content (AvgIpc) is 2.51. The molecule has 0 aliphatic heterocycles. The van der Waals surface area contributed by atoms with Crippen LogP contribution in [0.15, 0.2) is 0 Å². The minimum atomic E-state index is -0.570. The fourth-order valence-electron chi connectivity index (χ4n) is 1.60. The molecule has 0 aliphatic carbocycles. The first-order valence-electron chi connectivity index (χ1n) is 6.04. The number of carbonyl (C=O) groups excluding carboxylic acids is 1. The molecule has 1 aromatic rings. The smallest absolute Gasteiger partial charge is 0.322 e. The van der Waals surface area contributed by atoms with Gasteiger partial charge in [0.15, 0.2) is 0 Å². The highest BCUT2D eigenvalue weighted by Crippen LogP contribution is 2.24. The van der Waals surface area contributed by atoms with Crippen LogP contribution in [0.2, 0.25) is 0 Å². The Hall–Kier alpha value is -1.92. The van der Waals surface area contributed by atoms with Gasteiger partial charge in [0.05, 0.1) is 4.92 Å².